The predicted molar refractivity (Wildman–Crippen MR) is 64.8 cm³/mol. The maximum atomic E-state index is 9.83. The first-order chi connectivity index (χ1) is 8.43. The summed E-state index contributed by atoms with van der Waals surface area (Å²) in [5.74, 6) is 0. The van der Waals surface area contributed by atoms with Gasteiger partial charge in [0, 0.05) is 4.91 Å². The molecule has 1 saturated heterocycles. The highest BCUT2D eigenvalue weighted by Crippen LogP contribution is 2.30. The van der Waals surface area contributed by atoms with E-state index in [0.717, 1.165) is 11.8 Å². The van der Waals surface area contributed by atoms with Crippen LogP contribution in [0.3, 0.4) is 0 Å². The minimum Gasteiger partial charge on any atom is -0.393 e. The van der Waals surface area contributed by atoms with Gasteiger partial charge < -0.3 is 25.2 Å². The molecule has 1 aliphatic rings. The van der Waals surface area contributed by atoms with E-state index in [1.165, 1.54) is 6.92 Å². The standard InChI is InChI=1S/C9H17N3O5S/c1-3(13)4(11-12-10)8-6(15)5(14)7(16)9(17-8)18-2/h3-9,13-16H,1-2H3/t3?,4-,5+,6-,7-,8-,9-/m1/s1. The molecule has 0 saturated carbocycles. The van der Waals surface area contributed by atoms with Crippen molar-refractivity contribution in [1.82, 2.24) is 0 Å². The molecule has 1 rings (SSSR count). The Kier molecular flexibility index (Phi) is 5.67. The summed E-state index contributed by atoms with van der Waals surface area (Å²) in [6.07, 6.45) is -4.56. The van der Waals surface area contributed by atoms with Crippen LogP contribution >= 0.6 is 11.8 Å². The Bertz CT molecular complexity index is 323. The van der Waals surface area contributed by atoms with E-state index in [9.17, 15) is 20.4 Å². The van der Waals surface area contributed by atoms with Crippen LogP contribution < -0.4 is 0 Å². The van der Waals surface area contributed by atoms with Crippen molar-refractivity contribution in [3.05, 3.63) is 10.4 Å². The third-order valence-corrected chi connectivity index (χ3v) is 3.71. The van der Waals surface area contributed by atoms with E-state index >= 15 is 0 Å². The van der Waals surface area contributed by atoms with Crippen molar-refractivity contribution in [1.29, 1.82) is 0 Å². The number of aliphatic hydroxyl groups excluding tert-OH is 4. The first-order valence-electron chi connectivity index (χ1n) is 5.38. The first kappa shape index (κ1) is 15.5. The molecule has 0 aromatic rings. The molecule has 1 unspecified atom stereocenters. The van der Waals surface area contributed by atoms with Gasteiger partial charge in [-0.15, -0.1) is 11.8 Å². The van der Waals surface area contributed by atoms with E-state index in [1.54, 1.807) is 6.26 Å². The van der Waals surface area contributed by atoms with Crippen LogP contribution in [0, 0.1) is 0 Å². The Hall–Kier alpha value is -0.540. The zero-order valence-electron chi connectivity index (χ0n) is 9.99. The van der Waals surface area contributed by atoms with Crippen LogP contribution in [0.2, 0.25) is 0 Å². The van der Waals surface area contributed by atoms with Gasteiger partial charge in [0.25, 0.3) is 0 Å². The van der Waals surface area contributed by atoms with Gasteiger partial charge in [0.2, 0.25) is 0 Å². The minimum absolute atomic E-state index is 0.761. The van der Waals surface area contributed by atoms with Crippen molar-refractivity contribution in [3.63, 3.8) is 0 Å². The van der Waals surface area contributed by atoms with Crippen LogP contribution in [0.25, 0.3) is 10.4 Å². The summed E-state index contributed by atoms with van der Waals surface area (Å²) < 4.78 is 5.38. The van der Waals surface area contributed by atoms with Gasteiger partial charge in [0.15, 0.2) is 0 Å². The summed E-state index contributed by atoms with van der Waals surface area (Å²) in [6, 6.07) is -1.04. The molecule has 8 nitrogen and oxygen atoms in total. The smallest absolute Gasteiger partial charge is 0.132 e. The fourth-order valence-electron chi connectivity index (χ4n) is 1.85. The predicted octanol–water partition coefficient (Wildman–Crippen LogP) is -0.783. The third-order valence-electron chi connectivity index (χ3n) is 2.85. The van der Waals surface area contributed by atoms with Gasteiger partial charge in [-0.2, -0.15) is 0 Å². The molecule has 0 aromatic heterocycles. The van der Waals surface area contributed by atoms with Crippen LogP contribution in [-0.2, 0) is 4.74 Å². The quantitative estimate of drug-likeness (QED) is 0.302. The second-order valence-corrected chi connectivity index (χ2v) is 5.05. The van der Waals surface area contributed by atoms with Crippen molar-refractivity contribution in [3.8, 4) is 0 Å². The van der Waals surface area contributed by atoms with E-state index in [0.29, 0.717) is 0 Å². The molecule has 0 bridgehead atoms. The lowest BCUT2D eigenvalue weighted by Crippen LogP contribution is -2.60. The van der Waals surface area contributed by atoms with Crippen molar-refractivity contribution in [2.24, 2.45) is 5.11 Å². The average Bonchev–Trinajstić information content (AvgIpc) is 2.34. The highest BCUT2D eigenvalue weighted by atomic mass is 32.2. The topological polar surface area (TPSA) is 139 Å². The zero-order chi connectivity index (χ0) is 13.9. The second-order valence-electron chi connectivity index (χ2n) is 4.11. The Morgan fingerprint density at radius 2 is 1.89 bits per heavy atom. The molecule has 4 N–H and O–H groups in total. The number of hydrogen-bond acceptors (Lipinski definition) is 7. The Balaban J connectivity index is 2.95. The van der Waals surface area contributed by atoms with Crippen LogP contribution in [-0.4, -0.2) is 68.7 Å². The Morgan fingerprint density at radius 3 is 2.33 bits per heavy atom. The summed E-state index contributed by atoms with van der Waals surface area (Å²) in [7, 11) is 0. The van der Waals surface area contributed by atoms with Gasteiger partial charge >= 0.3 is 0 Å². The molecular weight excluding hydrogens is 262 g/mol. The third kappa shape index (κ3) is 3.07. The van der Waals surface area contributed by atoms with E-state index in [4.69, 9.17) is 10.3 Å². The fraction of sp³-hybridized carbons (Fsp3) is 1.00. The Labute approximate surface area is 108 Å². The van der Waals surface area contributed by atoms with Gasteiger partial charge in [-0.3, -0.25) is 0 Å². The molecule has 1 fully saturated rings. The highest BCUT2D eigenvalue weighted by Gasteiger charge is 2.47. The molecular formula is C9H17N3O5S. The monoisotopic (exact) mass is 279 g/mol. The number of azide groups is 1. The fourth-order valence-corrected chi connectivity index (χ4v) is 2.53. The summed E-state index contributed by atoms with van der Waals surface area (Å²) in [5.41, 5.74) is 7.68. The normalized spacial score (nSPS) is 39.8. The SMILES string of the molecule is CS[C@H]1O[C@H]([C@H](N=[N+]=[N-])C(C)O)[C@H](O)[C@H](O)[C@H]1O. The van der Waals surface area contributed by atoms with Crippen molar-refractivity contribution in [2.75, 3.05) is 6.26 Å². The van der Waals surface area contributed by atoms with Crippen molar-refractivity contribution in [2.45, 2.75) is 48.9 Å². The molecule has 0 aromatic carbocycles. The number of ether oxygens (including phenoxy) is 1. The number of rotatable bonds is 4. The van der Waals surface area contributed by atoms with Gasteiger partial charge in [-0.1, -0.05) is 5.11 Å². The second kappa shape index (κ2) is 6.58. The van der Waals surface area contributed by atoms with E-state index in [1.807, 2.05) is 0 Å². The number of aliphatic hydroxyl groups is 4. The molecule has 0 radical (unpaired) electrons. The van der Waals surface area contributed by atoms with Gasteiger partial charge in [0.1, 0.15) is 23.7 Å². The molecule has 0 spiro atoms. The molecule has 9 heteroatoms. The molecule has 104 valence electrons. The maximum Gasteiger partial charge on any atom is 0.132 e. The van der Waals surface area contributed by atoms with Crippen LogP contribution in [0.15, 0.2) is 5.11 Å². The van der Waals surface area contributed by atoms with Crippen LogP contribution in [0.5, 0.6) is 0 Å². The molecule has 7 atom stereocenters. The molecule has 18 heavy (non-hydrogen) atoms. The molecule has 0 amide bonds. The van der Waals surface area contributed by atoms with Crippen molar-refractivity contribution >= 4 is 11.8 Å². The number of hydrogen-bond donors (Lipinski definition) is 4. The lowest BCUT2D eigenvalue weighted by Gasteiger charge is -2.42. The Morgan fingerprint density at radius 1 is 1.28 bits per heavy atom. The van der Waals surface area contributed by atoms with Gasteiger partial charge in [-0.25, -0.2) is 0 Å². The summed E-state index contributed by atoms with van der Waals surface area (Å²) in [4.78, 5) is 2.58. The number of thioether (sulfide) groups is 1. The zero-order valence-corrected chi connectivity index (χ0v) is 10.8. The van der Waals surface area contributed by atoms with Gasteiger partial charge in [-0.05, 0) is 18.7 Å². The van der Waals surface area contributed by atoms with Crippen LogP contribution in [0.1, 0.15) is 6.92 Å². The molecule has 0 aliphatic carbocycles. The molecule has 1 heterocycles. The largest absolute Gasteiger partial charge is 0.393 e. The maximum absolute atomic E-state index is 9.83. The molecule has 1 aliphatic heterocycles. The minimum atomic E-state index is -1.44. The summed E-state index contributed by atoms with van der Waals surface area (Å²) in [6.45, 7) is 1.39. The lowest BCUT2D eigenvalue weighted by atomic mass is 9.93. The lowest BCUT2D eigenvalue weighted by molar-refractivity contribution is -0.207. The number of nitrogens with zero attached hydrogens (tertiary/aromatic N) is 3. The van der Waals surface area contributed by atoms with E-state index in [2.05, 4.69) is 10.0 Å². The first-order valence-corrected chi connectivity index (χ1v) is 6.67. The highest BCUT2D eigenvalue weighted by molar-refractivity contribution is 7.99. The van der Waals surface area contributed by atoms with E-state index in [-0.39, 0.29) is 0 Å². The summed E-state index contributed by atoms with van der Waals surface area (Å²) >= 11 is 1.15. The van der Waals surface area contributed by atoms with E-state index < -0.39 is 42.0 Å². The summed E-state index contributed by atoms with van der Waals surface area (Å²) in [5, 5.41) is 42.1. The van der Waals surface area contributed by atoms with Crippen molar-refractivity contribution < 1.29 is 25.2 Å². The van der Waals surface area contributed by atoms with Gasteiger partial charge in [0.05, 0.1) is 18.2 Å². The average molecular weight is 279 g/mol. The van der Waals surface area contributed by atoms with Crippen LogP contribution in [0.4, 0.5) is 0 Å².